The van der Waals surface area contributed by atoms with Crippen LogP contribution in [0.25, 0.3) is 23.5 Å². The molecule has 0 saturated heterocycles. The second kappa shape index (κ2) is 14.8. The molecule has 10 nitrogen and oxygen atoms in total. The number of methoxy groups -OCH3 is 2. The number of carboxylic acid groups (broad SMARTS) is 1. The van der Waals surface area contributed by atoms with Crippen LogP contribution >= 0.6 is 11.3 Å². The van der Waals surface area contributed by atoms with Gasteiger partial charge in [0.15, 0.2) is 5.82 Å². The Bertz CT molecular complexity index is 1690. The summed E-state index contributed by atoms with van der Waals surface area (Å²) in [5.74, 6) is -0.242. The van der Waals surface area contributed by atoms with Crippen LogP contribution in [0.15, 0.2) is 67.0 Å². The first-order chi connectivity index (χ1) is 21.9. The number of rotatable bonds is 12. The summed E-state index contributed by atoms with van der Waals surface area (Å²) >= 11 is 1.37. The van der Waals surface area contributed by atoms with Crippen molar-refractivity contribution >= 4 is 41.3 Å². The first-order valence-electron chi connectivity index (χ1n) is 14.6. The first kappa shape index (κ1) is 33.9. The maximum atomic E-state index is 13.1. The summed E-state index contributed by atoms with van der Waals surface area (Å²) in [6.07, 6.45) is 7.41. The minimum atomic E-state index is -1.17. The Morgan fingerprint density at radius 2 is 1.50 bits per heavy atom. The molecule has 0 spiro atoms. The number of aromatic nitrogens is 2. The Hall–Kier alpha value is -5.03. The van der Waals surface area contributed by atoms with Gasteiger partial charge in [-0.1, -0.05) is 57.2 Å². The molecule has 240 valence electrons. The van der Waals surface area contributed by atoms with Crippen LogP contribution in [0.3, 0.4) is 0 Å². The monoisotopic (exact) mass is 642 g/mol. The fraction of sp³-hybridized carbons (Fsp3) is 0.286. The zero-order valence-corrected chi connectivity index (χ0v) is 27.5. The van der Waals surface area contributed by atoms with Crippen LogP contribution in [0.2, 0.25) is 0 Å². The van der Waals surface area contributed by atoms with Crippen LogP contribution < -0.4 is 20.1 Å². The maximum Gasteiger partial charge on any atom is 0.325 e. The van der Waals surface area contributed by atoms with Gasteiger partial charge >= 0.3 is 5.97 Å². The smallest absolute Gasteiger partial charge is 0.325 e. The van der Waals surface area contributed by atoms with Crippen molar-refractivity contribution in [2.75, 3.05) is 14.2 Å². The molecular weight excluding hydrogens is 604 g/mol. The Morgan fingerprint density at radius 1 is 0.891 bits per heavy atom. The number of carbonyl (C=O) groups is 3. The number of carbonyl (C=O) groups excluding carboxylic acids is 2. The van der Waals surface area contributed by atoms with Gasteiger partial charge in [-0.2, -0.15) is 0 Å². The van der Waals surface area contributed by atoms with Crippen molar-refractivity contribution in [2.24, 2.45) is 0 Å². The molecule has 2 heterocycles. The van der Waals surface area contributed by atoms with Crippen molar-refractivity contribution in [1.82, 2.24) is 20.6 Å². The lowest BCUT2D eigenvalue weighted by atomic mass is 9.95. The largest absolute Gasteiger partial charge is 0.497 e. The molecule has 4 rings (SSSR count). The highest BCUT2D eigenvalue weighted by Crippen LogP contribution is 2.29. The van der Waals surface area contributed by atoms with Crippen LogP contribution in [0.5, 0.6) is 11.5 Å². The molecule has 2 atom stereocenters. The van der Waals surface area contributed by atoms with E-state index in [1.165, 1.54) is 18.3 Å². The number of amides is 2. The molecule has 2 aromatic heterocycles. The summed E-state index contributed by atoms with van der Waals surface area (Å²) in [5.41, 5.74) is 3.13. The second-order valence-electron chi connectivity index (χ2n) is 11.7. The van der Waals surface area contributed by atoms with E-state index in [0.29, 0.717) is 22.2 Å². The van der Waals surface area contributed by atoms with Gasteiger partial charge in [0, 0.05) is 40.9 Å². The minimum absolute atomic E-state index is 0.120. The van der Waals surface area contributed by atoms with Gasteiger partial charge in [-0.15, -0.1) is 11.3 Å². The van der Waals surface area contributed by atoms with E-state index in [2.05, 4.69) is 41.4 Å². The Kier molecular flexibility index (Phi) is 10.9. The number of ether oxygens (including phenoxy) is 2. The van der Waals surface area contributed by atoms with Gasteiger partial charge < -0.3 is 25.2 Å². The fourth-order valence-electron chi connectivity index (χ4n) is 4.39. The molecule has 0 aliphatic rings. The highest BCUT2D eigenvalue weighted by Gasteiger charge is 2.26. The van der Waals surface area contributed by atoms with Gasteiger partial charge in [-0.3, -0.25) is 14.4 Å². The molecule has 3 N–H and O–H groups in total. The van der Waals surface area contributed by atoms with E-state index in [1.54, 1.807) is 38.7 Å². The lowest BCUT2D eigenvalue weighted by Gasteiger charge is -2.20. The summed E-state index contributed by atoms with van der Waals surface area (Å²) in [6, 6.07) is 14.5. The number of nitrogens with zero attached hydrogens (tertiary/aromatic N) is 2. The van der Waals surface area contributed by atoms with E-state index in [9.17, 15) is 19.5 Å². The maximum absolute atomic E-state index is 13.1. The van der Waals surface area contributed by atoms with E-state index in [1.807, 2.05) is 54.6 Å². The number of aliphatic carboxylic acids is 1. The number of benzene rings is 2. The van der Waals surface area contributed by atoms with E-state index >= 15 is 0 Å². The molecule has 4 aromatic rings. The lowest BCUT2D eigenvalue weighted by Crippen LogP contribution is -2.51. The van der Waals surface area contributed by atoms with Gasteiger partial charge in [0.2, 0.25) is 5.91 Å². The van der Waals surface area contributed by atoms with Crippen LogP contribution in [0.4, 0.5) is 0 Å². The zero-order valence-electron chi connectivity index (χ0n) is 26.7. The number of hydrogen-bond donors (Lipinski definition) is 3. The average molecular weight is 643 g/mol. The third-order valence-electron chi connectivity index (χ3n) is 7.09. The predicted molar refractivity (Wildman–Crippen MR) is 179 cm³/mol. The van der Waals surface area contributed by atoms with Crippen LogP contribution in [0, 0.1) is 0 Å². The van der Waals surface area contributed by atoms with Gasteiger partial charge in [-0.05, 0) is 47.7 Å². The molecule has 0 radical (unpaired) electrons. The molecule has 0 aliphatic carbocycles. The highest BCUT2D eigenvalue weighted by atomic mass is 32.1. The summed E-state index contributed by atoms with van der Waals surface area (Å²) in [4.78, 5) is 48.1. The molecule has 0 unspecified atom stereocenters. The van der Waals surface area contributed by atoms with Gasteiger partial charge in [0.1, 0.15) is 23.6 Å². The highest BCUT2D eigenvalue weighted by molar-refractivity contribution is 7.14. The molecule has 0 bridgehead atoms. The van der Waals surface area contributed by atoms with Crippen molar-refractivity contribution < 1.29 is 29.0 Å². The number of hydrogen-bond acceptors (Lipinski definition) is 8. The SMILES string of the molecule is COc1cc(/C=C/c2cnc(-c3ccc(C[C@H](NC(=O)c4ccc(C(C)(C)C)s4)C(=O)N[C@H](C)C(=O)O)cc3)nc2)cc(OC)c1. The normalized spacial score (nSPS) is 12.7. The predicted octanol–water partition coefficient (Wildman–Crippen LogP) is 5.62. The third kappa shape index (κ3) is 9.01. The molecule has 0 aliphatic heterocycles. The van der Waals surface area contributed by atoms with Crippen LogP contribution in [-0.2, 0) is 21.4 Å². The Labute approximate surface area is 272 Å². The molecule has 2 aromatic carbocycles. The van der Waals surface area contributed by atoms with Crippen molar-refractivity contribution in [3.05, 3.63) is 93.4 Å². The molecule has 0 saturated carbocycles. The van der Waals surface area contributed by atoms with Crippen LogP contribution in [0.1, 0.15) is 58.9 Å². The van der Waals surface area contributed by atoms with E-state index in [0.717, 1.165) is 27.1 Å². The van der Waals surface area contributed by atoms with E-state index in [4.69, 9.17) is 9.47 Å². The summed E-state index contributed by atoms with van der Waals surface area (Å²) in [6.45, 7) is 7.56. The van der Waals surface area contributed by atoms with Crippen molar-refractivity contribution in [2.45, 2.75) is 51.6 Å². The van der Waals surface area contributed by atoms with Crippen molar-refractivity contribution in [3.8, 4) is 22.9 Å². The third-order valence-corrected chi connectivity index (χ3v) is 8.60. The Balaban J connectivity index is 1.47. The Morgan fingerprint density at radius 3 is 2.04 bits per heavy atom. The van der Waals surface area contributed by atoms with E-state index < -0.39 is 29.9 Å². The van der Waals surface area contributed by atoms with Crippen molar-refractivity contribution in [1.29, 1.82) is 0 Å². The summed E-state index contributed by atoms with van der Waals surface area (Å²) in [7, 11) is 3.21. The number of nitrogens with one attached hydrogen (secondary N) is 2. The second-order valence-corrected chi connectivity index (χ2v) is 12.8. The average Bonchev–Trinajstić information content (AvgIpc) is 3.55. The molecule has 46 heavy (non-hydrogen) atoms. The quantitative estimate of drug-likeness (QED) is 0.181. The number of carboxylic acids is 1. The lowest BCUT2D eigenvalue weighted by molar-refractivity contribution is -0.141. The van der Waals surface area contributed by atoms with Crippen molar-refractivity contribution in [3.63, 3.8) is 0 Å². The van der Waals surface area contributed by atoms with Gasteiger partial charge in [0.05, 0.1) is 19.1 Å². The molecule has 11 heteroatoms. The summed E-state index contributed by atoms with van der Waals surface area (Å²) < 4.78 is 10.7. The zero-order chi connectivity index (χ0) is 33.4. The van der Waals surface area contributed by atoms with Gasteiger partial charge in [0.25, 0.3) is 5.91 Å². The van der Waals surface area contributed by atoms with E-state index in [-0.39, 0.29) is 11.8 Å². The molecular formula is C35H38N4O6S. The standard InChI is InChI=1S/C35H38N4O6S/c1-21(34(42)43)38-32(40)28(39-33(41)29-13-14-30(46-29)35(2,3)4)17-22-9-11-25(12-10-22)31-36-19-24(20-37-31)8-7-23-15-26(44-5)18-27(16-23)45-6/h7-16,18-21,28H,17H2,1-6H3,(H,38,40)(H,39,41)(H,42,43)/b8-7+/t21-,28+/m1/s1. The minimum Gasteiger partial charge on any atom is -0.497 e. The fourth-order valence-corrected chi connectivity index (χ4v) is 5.36. The molecule has 2 amide bonds. The first-order valence-corrected chi connectivity index (χ1v) is 15.4. The molecule has 0 fully saturated rings. The summed E-state index contributed by atoms with van der Waals surface area (Å²) in [5, 5.41) is 14.6. The topological polar surface area (TPSA) is 140 Å². The number of thiophene rings is 1. The van der Waals surface area contributed by atoms with Crippen LogP contribution in [-0.4, -0.2) is 59.2 Å². The van der Waals surface area contributed by atoms with Gasteiger partial charge in [-0.25, -0.2) is 9.97 Å².